The predicted octanol–water partition coefficient (Wildman–Crippen LogP) is 2.91. The number of aliphatic hydroxyl groups excluding tert-OH is 1. The van der Waals surface area contributed by atoms with Gasteiger partial charge in [0.25, 0.3) is 0 Å². The number of nitrogens with zero attached hydrogens (tertiary/aromatic N) is 3. The molecule has 100 valence electrons. The van der Waals surface area contributed by atoms with Crippen molar-refractivity contribution in [3.8, 4) is 11.5 Å². The lowest BCUT2D eigenvalue weighted by molar-refractivity contribution is 0.0908. The summed E-state index contributed by atoms with van der Waals surface area (Å²) < 4.78 is 6.19. The molecule has 5 nitrogen and oxygen atoms in total. The molecule has 1 fully saturated rings. The zero-order chi connectivity index (χ0) is 13.2. The molecule has 2 aromatic rings. The van der Waals surface area contributed by atoms with Gasteiger partial charge in [-0.2, -0.15) is 4.98 Å². The fourth-order valence-corrected chi connectivity index (χ4v) is 2.63. The highest BCUT2D eigenvalue weighted by Gasteiger charge is 2.29. The maximum Gasteiger partial charge on any atom is 0.232 e. The van der Waals surface area contributed by atoms with Crippen molar-refractivity contribution in [1.82, 2.24) is 15.1 Å². The van der Waals surface area contributed by atoms with Crippen LogP contribution in [0, 0.1) is 0 Å². The second-order valence-electron chi connectivity index (χ2n) is 4.78. The van der Waals surface area contributed by atoms with Crippen molar-refractivity contribution in [3.63, 3.8) is 0 Å². The van der Waals surface area contributed by atoms with Crippen molar-refractivity contribution in [1.29, 1.82) is 0 Å². The van der Waals surface area contributed by atoms with Gasteiger partial charge in [0.15, 0.2) is 0 Å². The van der Waals surface area contributed by atoms with Crippen LogP contribution in [0.4, 0.5) is 0 Å². The van der Waals surface area contributed by atoms with E-state index in [2.05, 4.69) is 31.1 Å². The van der Waals surface area contributed by atoms with Gasteiger partial charge in [-0.25, -0.2) is 0 Å². The van der Waals surface area contributed by atoms with E-state index < -0.39 is 0 Å². The van der Waals surface area contributed by atoms with Gasteiger partial charge in [0.05, 0.1) is 12.0 Å². The van der Waals surface area contributed by atoms with Crippen LogP contribution in [0.3, 0.4) is 0 Å². The van der Waals surface area contributed by atoms with Crippen LogP contribution in [-0.4, -0.2) is 26.3 Å². The number of aliphatic hydroxyl groups is 1. The third-order valence-corrected chi connectivity index (χ3v) is 3.91. The summed E-state index contributed by atoms with van der Waals surface area (Å²) in [6, 6.07) is 3.71. The Labute approximate surface area is 119 Å². The SMILES string of the molecule is OC1CCCCC1c1nc(-c2ccc(Br)cn2)no1. The highest BCUT2D eigenvalue weighted by atomic mass is 79.9. The number of hydrogen-bond donors (Lipinski definition) is 1. The van der Waals surface area contributed by atoms with Gasteiger partial charge in [-0.1, -0.05) is 18.0 Å². The highest BCUT2D eigenvalue weighted by Crippen LogP contribution is 2.32. The van der Waals surface area contributed by atoms with Gasteiger partial charge in [-0.15, -0.1) is 0 Å². The Morgan fingerprint density at radius 2 is 2.11 bits per heavy atom. The summed E-state index contributed by atoms with van der Waals surface area (Å²) in [4.78, 5) is 8.60. The van der Waals surface area contributed by atoms with E-state index in [0.29, 0.717) is 17.4 Å². The first-order valence-corrected chi connectivity index (χ1v) is 7.17. The topological polar surface area (TPSA) is 72.0 Å². The summed E-state index contributed by atoms with van der Waals surface area (Å²) in [5.74, 6) is 0.956. The summed E-state index contributed by atoms with van der Waals surface area (Å²) in [5, 5.41) is 13.9. The van der Waals surface area contributed by atoms with Crippen molar-refractivity contribution in [3.05, 3.63) is 28.7 Å². The molecule has 1 aliphatic carbocycles. The Bertz CT molecular complexity index is 555. The maximum atomic E-state index is 9.99. The quantitative estimate of drug-likeness (QED) is 0.919. The van der Waals surface area contributed by atoms with Crippen molar-refractivity contribution in [2.75, 3.05) is 0 Å². The second-order valence-corrected chi connectivity index (χ2v) is 5.69. The Hall–Kier alpha value is -1.27. The summed E-state index contributed by atoms with van der Waals surface area (Å²) in [6.07, 6.45) is 5.18. The summed E-state index contributed by atoms with van der Waals surface area (Å²) in [5.41, 5.74) is 0.670. The zero-order valence-corrected chi connectivity index (χ0v) is 11.9. The Balaban J connectivity index is 1.84. The first-order valence-electron chi connectivity index (χ1n) is 6.37. The molecule has 3 rings (SSSR count). The molecule has 1 aliphatic rings. The first kappa shape index (κ1) is 12.7. The van der Waals surface area contributed by atoms with Gasteiger partial charge in [-0.05, 0) is 40.9 Å². The van der Waals surface area contributed by atoms with Gasteiger partial charge in [-0.3, -0.25) is 4.98 Å². The molecule has 0 spiro atoms. The number of pyridine rings is 1. The van der Waals surface area contributed by atoms with Gasteiger partial charge in [0.1, 0.15) is 5.69 Å². The molecule has 0 amide bonds. The first-order chi connectivity index (χ1) is 9.24. The van der Waals surface area contributed by atoms with Crippen molar-refractivity contribution < 1.29 is 9.63 Å². The number of halogens is 1. The molecule has 1 saturated carbocycles. The van der Waals surface area contributed by atoms with E-state index in [9.17, 15) is 5.11 Å². The highest BCUT2D eigenvalue weighted by molar-refractivity contribution is 9.10. The summed E-state index contributed by atoms with van der Waals surface area (Å²) >= 11 is 3.33. The van der Waals surface area contributed by atoms with E-state index in [1.165, 1.54) is 0 Å². The van der Waals surface area contributed by atoms with Gasteiger partial charge in [0, 0.05) is 10.7 Å². The molecule has 0 radical (unpaired) electrons. The number of rotatable bonds is 2. The number of aromatic nitrogens is 3. The maximum absolute atomic E-state index is 9.99. The average molecular weight is 324 g/mol. The van der Waals surface area contributed by atoms with Crippen LogP contribution in [0.1, 0.15) is 37.5 Å². The van der Waals surface area contributed by atoms with E-state index in [1.807, 2.05) is 12.1 Å². The molecule has 0 aliphatic heterocycles. The summed E-state index contributed by atoms with van der Waals surface area (Å²) in [6.45, 7) is 0. The molecule has 2 atom stereocenters. The smallest absolute Gasteiger partial charge is 0.232 e. The van der Waals surface area contributed by atoms with Gasteiger partial charge in [0.2, 0.25) is 11.7 Å². The van der Waals surface area contributed by atoms with Crippen LogP contribution in [0.15, 0.2) is 27.3 Å². The fraction of sp³-hybridized carbons (Fsp3) is 0.462. The predicted molar refractivity (Wildman–Crippen MR) is 72.4 cm³/mol. The molecule has 0 bridgehead atoms. The molecule has 0 saturated heterocycles. The Morgan fingerprint density at radius 1 is 1.26 bits per heavy atom. The van der Waals surface area contributed by atoms with Crippen molar-refractivity contribution >= 4 is 15.9 Å². The van der Waals surface area contributed by atoms with Crippen LogP contribution in [-0.2, 0) is 0 Å². The molecule has 2 heterocycles. The van der Waals surface area contributed by atoms with E-state index >= 15 is 0 Å². The Morgan fingerprint density at radius 3 is 2.84 bits per heavy atom. The van der Waals surface area contributed by atoms with Gasteiger partial charge >= 0.3 is 0 Å². The number of hydrogen-bond acceptors (Lipinski definition) is 5. The molecule has 2 unspecified atom stereocenters. The molecule has 1 N–H and O–H groups in total. The van der Waals surface area contributed by atoms with Crippen LogP contribution in [0.5, 0.6) is 0 Å². The van der Waals surface area contributed by atoms with E-state index in [1.54, 1.807) is 6.20 Å². The third kappa shape index (κ3) is 2.69. The van der Waals surface area contributed by atoms with E-state index in [4.69, 9.17) is 4.52 Å². The molecule has 6 heteroatoms. The monoisotopic (exact) mass is 323 g/mol. The molecular formula is C13H14BrN3O2. The van der Waals surface area contributed by atoms with Crippen LogP contribution < -0.4 is 0 Å². The summed E-state index contributed by atoms with van der Waals surface area (Å²) in [7, 11) is 0. The lowest BCUT2D eigenvalue weighted by Crippen LogP contribution is -2.22. The zero-order valence-electron chi connectivity index (χ0n) is 10.3. The molecular weight excluding hydrogens is 310 g/mol. The van der Waals surface area contributed by atoms with E-state index in [-0.39, 0.29) is 12.0 Å². The second kappa shape index (κ2) is 5.38. The van der Waals surface area contributed by atoms with Crippen molar-refractivity contribution in [2.24, 2.45) is 0 Å². The minimum Gasteiger partial charge on any atom is -0.392 e. The lowest BCUT2D eigenvalue weighted by Gasteiger charge is -2.24. The molecule has 19 heavy (non-hydrogen) atoms. The Kier molecular flexibility index (Phi) is 3.61. The standard InChI is InChI=1S/C13H14BrN3O2/c14-8-5-6-10(15-7-8)12-16-13(19-17-12)9-3-1-2-4-11(9)18/h5-7,9,11,18H,1-4H2. The normalized spacial score (nSPS) is 23.5. The fourth-order valence-electron chi connectivity index (χ4n) is 2.40. The van der Waals surface area contributed by atoms with Crippen LogP contribution in [0.25, 0.3) is 11.5 Å². The average Bonchev–Trinajstić information content (AvgIpc) is 2.89. The van der Waals surface area contributed by atoms with Crippen LogP contribution in [0.2, 0.25) is 0 Å². The molecule has 2 aromatic heterocycles. The van der Waals surface area contributed by atoms with Crippen molar-refractivity contribution in [2.45, 2.75) is 37.7 Å². The molecule has 0 aromatic carbocycles. The largest absolute Gasteiger partial charge is 0.392 e. The minimum absolute atomic E-state index is 0.0366. The van der Waals surface area contributed by atoms with Crippen LogP contribution >= 0.6 is 15.9 Å². The van der Waals surface area contributed by atoms with Gasteiger partial charge < -0.3 is 9.63 Å². The minimum atomic E-state index is -0.375. The van der Waals surface area contributed by atoms with E-state index in [0.717, 1.165) is 30.2 Å². The lowest BCUT2D eigenvalue weighted by atomic mass is 9.86. The third-order valence-electron chi connectivity index (χ3n) is 3.44.